The number of ketones is 1. The van der Waals surface area contributed by atoms with E-state index in [9.17, 15) is 27.6 Å². The van der Waals surface area contributed by atoms with Crippen LogP contribution in [-0.2, 0) is 33.9 Å². The first-order chi connectivity index (χ1) is 26.9. The number of sulfonamides is 1. The van der Waals surface area contributed by atoms with E-state index in [-0.39, 0.29) is 55.4 Å². The average molecular weight is 788 g/mol. The lowest BCUT2D eigenvalue weighted by Gasteiger charge is -2.29. The summed E-state index contributed by atoms with van der Waals surface area (Å²) >= 11 is 0. The van der Waals surface area contributed by atoms with E-state index in [0.29, 0.717) is 48.4 Å². The number of allylic oxidation sites excluding steroid dienone is 3. The maximum absolute atomic E-state index is 14.7. The second-order valence-corrected chi connectivity index (χ2v) is 19.4. The molecule has 1 N–H and O–H groups in total. The van der Waals surface area contributed by atoms with Crippen LogP contribution in [0.15, 0.2) is 42.5 Å². The van der Waals surface area contributed by atoms with Crippen LogP contribution in [0.25, 0.3) is 17.0 Å². The van der Waals surface area contributed by atoms with Gasteiger partial charge in [-0.3, -0.25) is 23.9 Å². The van der Waals surface area contributed by atoms with Gasteiger partial charge in [-0.05, 0) is 101 Å². The summed E-state index contributed by atoms with van der Waals surface area (Å²) in [5.74, 6) is -1.48. The molecule has 7 atom stereocenters. The van der Waals surface area contributed by atoms with Crippen molar-refractivity contribution >= 4 is 50.6 Å². The summed E-state index contributed by atoms with van der Waals surface area (Å²) < 4.78 is 46.4. The van der Waals surface area contributed by atoms with E-state index < -0.39 is 50.1 Å². The number of benzene rings is 1. The SMILES string of the molecule is COc1c2c(nc3ccccc13)O[C@@H]1C[C@H]3C(=O)C[C@]4(C(=O)NS(=O)(=O)C5(C)CC5)C[C@H]4/C=C\CCCCC[C@H](CC(=O)O[C@@H]4C[C@H]4CCC/C=C/2)C(=O)N3C1. The molecule has 2 aromatic rings. The van der Waals surface area contributed by atoms with Crippen LogP contribution < -0.4 is 14.2 Å². The van der Waals surface area contributed by atoms with E-state index in [2.05, 4.69) is 10.8 Å². The lowest BCUT2D eigenvalue weighted by molar-refractivity contribution is -0.151. The minimum atomic E-state index is -3.94. The normalized spacial score (nSPS) is 33.1. The van der Waals surface area contributed by atoms with Crippen LogP contribution in [0.2, 0.25) is 0 Å². The Labute approximate surface area is 328 Å². The quantitative estimate of drug-likeness (QED) is 0.279. The van der Waals surface area contributed by atoms with Crippen molar-refractivity contribution in [2.45, 2.75) is 126 Å². The number of hydrogen-bond donors (Lipinski definition) is 1. The van der Waals surface area contributed by atoms with E-state index in [1.807, 2.05) is 42.5 Å². The van der Waals surface area contributed by atoms with Crippen molar-refractivity contribution in [3.8, 4) is 11.6 Å². The largest absolute Gasteiger partial charge is 0.495 e. The molecule has 0 radical (unpaired) electrons. The Hall–Kier alpha value is -4.26. The predicted octanol–water partition coefficient (Wildman–Crippen LogP) is 6.21. The van der Waals surface area contributed by atoms with Crippen LogP contribution in [-0.4, -0.2) is 78.5 Å². The van der Waals surface area contributed by atoms with Crippen molar-refractivity contribution in [1.29, 1.82) is 0 Å². The van der Waals surface area contributed by atoms with E-state index in [0.717, 1.165) is 56.8 Å². The number of aromatic nitrogens is 1. The molecular weight excluding hydrogens is 735 g/mol. The van der Waals surface area contributed by atoms with Crippen LogP contribution in [0.3, 0.4) is 0 Å². The number of Topliss-reactive ketones (excluding diaryl/α,β-unsaturated/α-hetero) is 1. The number of nitrogens with zero attached hydrogens (tertiary/aromatic N) is 2. The number of nitrogens with one attached hydrogen (secondary N) is 1. The summed E-state index contributed by atoms with van der Waals surface area (Å²) in [7, 11) is -2.33. The van der Waals surface area contributed by atoms with Gasteiger partial charge >= 0.3 is 5.97 Å². The van der Waals surface area contributed by atoms with Crippen LogP contribution in [0.4, 0.5) is 0 Å². The third-order valence-corrected chi connectivity index (χ3v) is 15.2. The maximum Gasteiger partial charge on any atom is 0.306 e. The van der Waals surface area contributed by atoms with Gasteiger partial charge in [-0.2, -0.15) is 0 Å². The number of pyridine rings is 1. The third kappa shape index (κ3) is 7.72. The molecule has 1 saturated heterocycles. The standard InChI is InChI=1S/C43H53N3O9S/c1-42(19-20-42)56(51,52)45-41(50)43-24-29(43)15-9-5-3-4-7-14-28-22-37(48)55-36-21-27(36)13-8-6-10-17-32-38(53-2)31-16-11-12-18-33(31)44-39(32)54-30-23-34(35(47)25-43)46(26-30)40(28)49/h9-12,15-18,27-30,34,36H,3-8,13-14,19-26H2,1-2H3,(H,45,50)/b15-9-,17-10+/t27-,28-,29-,30-,34+,36-,43-/m1/s1. The number of carbonyl (C=O) groups is 4. The number of rotatable bonds is 4. The number of hydrogen-bond acceptors (Lipinski definition) is 10. The molecule has 8 rings (SSSR count). The Bertz CT molecular complexity index is 2080. The van der Waals surface area contributed by atoms with Gasteiger partial charge in [-0.1, -0.05) is 43.2 Å². The van der Waals surface area contributed by atoms with Gasteiger partial charge < -0.3 is 19.1 Å². The molecule has 3 aliphatic heterocycles. The first-order valence-electron chi connectivity index (χ1n) is 20.5. The molecular formula is C43H53N3O9S. The topological polar surface area (TPSA) is 158 Å². The first-order valence-corrected chi connectivity index (χ1v) is 22.0. The molecule has 56 heavy (non-hydrogen) atoms. The number of amides is 2. The summed E-state index contributed by atoms with van der Waals surface area (Å²) in [5.41, 5.74) is 0.0912. The van der Waals surface area contributed by atoms with Gasteiger partial charge in [0.15, 0.2) is 5.78 Å². The number of ether oxygens (including phenoxy) is 3. The van der Waals surface area contributed by atoms with Gasteiger partial charge in [-0.15, -0.1) is 0 Å². The number of esters is 1. The zero-order valence-corrected chi connectivity index (χ0v) is 33.2. The van der Waals surface area contributed by atoms with E-state index >= 15 is 0 Å². The zero-order chi connectivity index (χ0) is 39.2. The predicted molar refractivity (Wildman–Crippen MR) is 209 cm³/mol. The van der Waals surface area contributed by atoms with Crippen molar-refractivity contribution in [3.05, 3.63) is 48.1 Å². The minimum Gasteiger partial charge on any atom is -0.495 e. The number of methoxy groups -OCH3 is 1. The highest BCUT2D eigenvalue weighted by molar-refractivity contribution is 7.91. The average Bonchev–Trinajstić information content (AvgIpc) is 4.13. The molecule has 6 aliphatic rings. The van der Waals surface area contributed by atoms with E-state index in [4.69, 9.17) is 19.2 Å². The Morgan fingerprint density at radius 3 is 2.61 bits per heavy atom. The lowest BCUT2D eigenvalue weighted by Crippen LogP contribution is -2.47. The Balaban J connectivity index is 1.15. The molecule has 4 heterocycles. The molecule has 3 aliphatic carbocycles. The fourth-order valence-electron chi connectivity index (χ4n) is 8.99. The van der Waals surface area contributed by atoms with Crippen LogP contribution >= 0.6 is 0 Å². The van der Waals surface area contributed by atoms with Gasteiger partial charge in [0.2, 0.25) is 27.7 Å². The summed E-state index contributed by atoms with van der Waals surface area (Å²) in [6.45, 7) is 1.69. The first kappa shape index (κ1) is 38.6. The fourth-order valence-corrected chi connectivity index (χ4v) is 10.3. The molecule has 13 heteroatoms. The monoisotopic (exact) mass is 787 g/mol. The molecule has 3 bridgehead atoms. The van der Waals surface area contributed by atoms with Gasteiger partial charge in [0.05, 0.1) is 47.4 Å². The highest BCUT2D eigenvalue weighted by Gasteiger charge is 2.62. The maximum atomic E-state index is 14.7. The van der Waals surface area contributed by atoms with Crippen molar-refractivity contribution in [2.24, 2.45) is 23.2 Å². The molecule has 3 saturated carbocycles. The second-order valence-electron chi connectivity index (χ2n) is 17.2. The van der Waals surface area contributed by atoms with Crippen LogP contribution in [0, 0.1) is 23.2 Å². The smallest absolute Gasteiger partial charge is 0.306 e. The summed E-state index contributed by atoms with van der Waals surface area (Å²) in [5, 5.41) is 0.827. The van der Waals surface area contributed by atoms with Crippen molar-refractivity contribution in [2.75, 3.05) is 13.7 Å². The molecule has 0 spiro atoms. The molecule has 1 aromatic carbocycles. The highest BCUT2D eigenvalue weighted by Crippen LogP contribution is 2.58. The van der Waals surface area contributed by atoms with E-state index in [1.165, 1.54) is 0 Å². The molecule has 1 aromatic heterocycles. The second kappa shape index (κ2) is 15.2. The number of carbonyl (C=O) groups excluding carboxylic acids is 4. The molecule has 300 valence electrons. The molecule has 0 unspecified atom stereocenters. The van der Waals surface area contributed by atoms with Gasteiger partial charge in [0.25, 0.3) is 0 Å². The van der Waals surface area contributed by atoms with Crippen molar-refractivity contribution in [1.82, 2.24) is 14.6 Å². The number of para-hydroxylation sites is 1. The fraction of sp³-hybridized carbons (Fsp3) is 0.605. The van der Waals surface area contributed by atoms with Crippen molar-refractivity contribution < 1.29 is 41.8 Å². The molecule has 12 nitrogen and oxygen atoms in total. The third-order valence-electron chi connectivity index (χ3n) is 13.1. The Kier molecular flexibility index (Phi) is 10.5. The van der Waals surface area contributed by atoms with Crippen LogP contribution in [0.1, 0.15) is 109 Å². The lowest BCUT2D eigenvalue weighted by atomic mass is 9.90. The minimum absolute atomic E-state index is 0.0702. The van der Waals surface area contributed by atoms with E-state index in [1.54, 1.807) is 18.9 Å². The Morgan fingerprint density at radius 1 is 1.00 bits per heavy atom. The molecule has 4 fully saturated rings. The number of fused-ring (bicyclic) bond motifs is 6. The summed E-state index contributed by atoms with van der Waals surface area (Å²) in [6, 6.07) is 6.68. The van der Waals surface area contributed by atoms with Crippen LogP contribution in [0.5, 0.6) is 11.6 Å². The summed E-state index contributed by atoms with van der Waals surface area (Å²) in [4.78, 5) is 63.2. The molecule has 2 amide bonds. The van der Waals surface area contributed by atoms with Gasteiger partial charge in [-0.25, -0.2) is 13.4 Å². The van der Waals surface area contributed by atoms with Gasteiger partial charge in [0.1, 0.15) is 18.0 Å². The summed E-state index contributed by atoms with van der Waals surface area (Å²) in [6.07, 6.45) is 15.4. The zero-order valence-electron chi connectivity index (χ0n) is 32.4. The van der Waals surface area contributed by atoms with Crippen molar-refractivity contribution in [3.63, 3.8) is 0 Å². The van der Waals surface area contributed by atoms with Gasteiger partial charge in [0, 0.05) is 24.1 Å². The Morgan fingerprint density at radius 2 is 1.80 bits per heavy atom. The highest BCUT2D eigenvalue weighted by atomic mass is 32.2.